The number of ether oxygens (including phenoxy) is 3. The molecule has 1 saturated heterocycles. The van der Waals surface area contributed by atoms with E-state index < -0.39 is 29.5 Å². The Labute approximate surface area is 126 Å². The molecule has 7 nitrogen and oxygen atoms in total. The minimum Gasteiger partial charge on any atom is -0.465 e. The number of rotatable bonds is 3. The maximum Gasteiger partial charge on any atom is 0.413 e. The third-order valence-corrected chi connectivity index (χ3v) is 3.87. The summed E-state index contributed by atoms with van der Waals surface area (Å²) in [6, 6.07) is 6.59. The number of nitrogens with one attached hydrogen (secondary N) is 1. The summed E-state index contributed by atoms with van der Waals surface area (Å²) < 4.78 is 15.2. The number of carbonyl (C=O) groups excluding carboxylic acids is 3. The molecule has 0 radical (unpaired) electrons. The molecule has 1 fully saturated rings. The van der Waals surface area contributed by atoms with Crippen LogP contribution in [0.25, 0.3) is 0 Å². The summed E-state index contributed by atoms with van der Waals surface area (Å²) in [6.07, 6.45) is -0.488. The van der Waals surface area contributed by atoms with Gasteiger partial charge in [-0.1, -0.05) is 18.2 Å². The molecule has 2 aliphatic heterocycles. The van der Waals surface area contributed by atoms with Gasteiger partial charge in [-0.25, -0.2) is 9.59 Å². The Bertz CT molecular complexity index is 643. The minimum atomic E-state index is -1.62. The first-order chi connectivity index (χ1) is 10.6. The molecule has 7 heteroatoms. The Kier molecular flexibility index (Phi) is 3.48. The smallest absolute Gasteiger partial charge is 0.413 e. The van der Waals surface area contributed by atoms with Crippen molar-refractivity contribution < 1.29 is 28.6 Å². The highest BCUT2D eigenvalue weighted by atomic mass is 16.6. The van der Waals surface area contributed by atoms with E-state index in [0.717, 1.165) is 0 Å². The zero-order valence-corrected chi connectivity index (χ0v) is 12.0. The average Bonchev–Trinajstić information content (AvgIpc) is 2.93. The van der Waals surface area contributed by atoms with E-state index in [2.05, 4.69) is 5.32 Å². The first-order valence-corrected chi connectivity index (χ1v) is 7.03. The molecule has 0 spiro atoms. The van der Waals surface area contributed by atoms with Gasteiger partial charge in [-0.05, 0) is 19.4 Å². The summed E-state index contributed by atoms with van der Waals surface area (Å²) in [7, 11) is 0. The molecule has 22 heavy (non-hydrogen) atoms. The first-order valence-electron chi connectivity index (χ1n) is 7.03. The van der Waals surface area contributed by atoms with Gasteiger partial charge in [0.1, 0.15) is 5.75 Å². The van der Waals surface area contributed by atoms with Gasteiger partial charge in [-0.2, -0.15) is 0 Å². The van der Waals surface area contributed by atoms with Gasteiger partial charge < -0.3 is 19.5 Å². The van der Waals surface area contributed by atoms with E-state index in [9.17, 15) is 14.4 Å². The van der Waals surface area contributed by atoms with Gasteiger partial charge in [0.2, 0.25) is 0 Å². The lowest BCUT2D eigenvalue weighted by Gasteiger charge is -2.38. The van der Waals surface area contributed by atoms with E-state index in [4.69, 9.17) is 14.2 Å². The maximum atomic E-state index is 12.7. The quantitative estimate of drug-likeness (QED) is 0.841. The lowest BCUT2D eigenvalue weighted by atomic mass is 9.76. The van der Waals surface area contributed by atoms with Crippen LogP contribution in [-0.4, -0.2) is 31.2 Å². The minimum absolute atomic E-state index is 0.126. The summed E-state index contributed by atoms with van der Waals surface area (Å²) in [5.74, 6) is -1.84. The lowest BCUT2D eigenvalue weighted by Crippen LogP contribution is -2.61. The molecular formula is C15H15NO6. The van der Waals surface area contributed by atoms with Crippen molar-refractivity contribution in [3.05, 3.63) is 29.8 Å². The van der Waals surface area contributed by atoms with E-state index in [0.29, 0.717) is 12.0 Å². The number of fused-ring (bicyclic) bond motifs is 1. The summed E-state index contributed by atoms with van der Waals surface area (Å²) >= 11 is 0. The monoisotopic (exact) mass is 305 g/mol. The third kappa shape index (κ3) is 2.01. The van der Waals surface area contributed by atoms with Crippen molar-refractivity contribution >= 4 is 18.0 Å². The van der Waals surface area contributed by atoms with Crippen LogP contribution in [0.2, 0.25) is 0 Å². The molecule has 0 aromatic heterocycles. The molecule has 0 aliphatic carbocycles. The fraction of sp³-hybridized carbons (Fsp3) is 0.400. The van der Waals surface area contributed by atoms with E-state index in [1.165, 1.54) is 0 Å². The number of hydrogen-bond acceptors (Lipinski definition) is 6. The molecule has 2 unspecified atom stereocenters. The summed E-state index contributed by atoms with van der Waals surface area (Å²) in [5.41, 5.74) is -1.22. The van der Waals surface area contributed by atoms with Gasteiger partial charge in [-0.15, -0.1) is 0 Å². The van der Waals surface area contributed by atoms with Crippen molar-refractivity contribution in [2.45, 2.75) is 18.9 Å². The number of cyclic esters (lactones) is 1. The molecular weight excluding hydrogens is 290 g/mol. The second-order valence-electron chi connectivity index (χ2n) is 5.05. The topological polar surface area (TPSA) is 90.9 Å². The largest absolute Gasteiger partial charge is 0.465 e. The predicted octanol–water partition coefficient (Wildman–Crippen LogP) is 1.11. The van der Waals surface area contributed by atoms with E-state index >= 15 is 0 Å². The average molecular weight is 305 g/mol. The molecule has 1 aromatic carbocycles. The van der Waals surface area contributed by atoms with E-state index in [1.807, 2.05) is 0 Å². The first kappa shape index (κ1) is 14.4. The van der Waals surface area contributed by atoms with Gasteiger partial charge in [0.15, 0.2) is 5.54 Å². The fourth-order valence-electron chi connectivity index (χ4n) is 2.95. The molecule has 1 amide bonds. The molecule has 0 saturated carbocycles. The Morgan fingerprint density at radius 1 is 1.41 bits per heavy atom. The van der Waals surface area contributed by atoms with Crippen LogP contribution in [0.1, 0.15) is 18.9 Å². The van der Waals surface area contributed by atoms with E-state index in [-0.39, 0.29) is 19.0 Å². The standard InChI is InChI=1S/C15H15NO6/c1-2-20-13(18)15(10-7-8-21-12(10)17)9-5-3-4-6-11(9)22-14(19)16-15/h3-6,10H,2,7-8H2,1H3,(H,16,19). The Morgan fingerprint density at radius 2 is 2.18 bits per heavy atom. The van der Waals surface area contributed by atoms with Crippen LogP contribution in [0.3, 0.4) is 0 Å². The molecule has 0 bridgehead atoms. The van der Waals surface area contributed by atoms with Crippen molar-refractivity contribution in [2.24, 2.45) is 5.92 Å². The normalized spacial score (nSPS) is 26.5. The Morgan fingerprint density at radius 3 is 2.86 bits per heavy atom. The number of amides is 1. The Balaban J connectivity index is 2.19. The lowest BCUT2D eigenvalue weighted by molar-refractivity contribution is -0.160. The second kappa shape index (κ2) is 5.32. The van der Waals surface area contributed by atoms with Crippen LogP contribution >= 0.6 is 0 Å². The van der Waals surface area contributed by atoms with Crippen molar-refractivity contribution in [1.82, 2.24) is 5.32 Å². The fourth-order valence-corrected chi connectivity index (χ4v) is 2.95. The van der Waals surface area contributed by atoms with Gasteiger partial charge >= 0.3 is 18.0 Å². The number of esters is 2. The SMILES string of the molecule is CCOC(=O)C1(C2CCOC2=O)NC(=O)Oc2ccccc21. The highest BCUT2D eigenvalue weighted by Gasteiger charge is 2.58. The molecule has 2 atom stereocenters. The molecule has 3 rings (SSSR count). The molecule has 2 heterocycles. The van der Waals surface area contributed by atoms with Crippen LogP contribution in [0.4, 0.5) is 4.79 Å². The van der Waals surface area contributed by atoms with E-state index in [1.54, 1.807) is 31.2 Å². The Hall–Kier alpha value is -2.57. The van der Waals surface area contributed by atoms with Crippen LogP contribution in [0, 0.1) is 5.92 Å². The zero-order chi connectivity index (χ0) is 15.7. The van der Waals surface area contributed by atoms with Crippen molar-refractivity contribution in [1.29, 1.82) is 0 Å². The number of carbonyl (C=O) groups is 3. The van der Waals surface area contributed by atoms with Crippen LogP contribution in [0.15, 0.2) is 24.3 Å². The third-order valence-electron chi connectivity index (χ3n) is 3.87. The second-order valence-corrected chi connectivity index (χ2v) is 5.05. The summed E-state index contributed by atoms with van der Waals surface area (Å²) in [4.78, 5) is 36.7. The maximum absolute atomic E-state index is 12.7. The number of benzene rings is 1. The predicted molar refractivity (Wildman–Crippen MR) is 73.0 cm³/mol. The summed E-state index contributed by atoms with van der Waals surface area (Å²) in [6.45, 7) is 1.98. The highest BCUT2D eigenvalue weighted by molar-refractivity contribution is 5.96. The van der Waals surface area contributed by atoms with Gasteiger partial charge in [0, 0.05) is 5.56 Å². The molecule has 1 aromatic rings. The molecule has 1 N–H and O–H groups in total. The highest BCUT2D eigenvalue weighted by Crippen LogP contribution is 2.43. The summed E-state index contributed by atoms with van der Waals surface area (Å²) in [5, 5.41) is 2.51. The van der Waals surface area contributed by atoms with Crippen molar-refractivity contribution in [3.8, 4) is 5.75 Å². The number of para-hydroxylation sites is 1. The van der Waals surface area contributed by atoms with Crippen molar-refractivity contribution in [3.63, 3.8) is 0 Å². The van der Waals surface area contributed by atoms with Gasteiger partial charge in [-0.3, -0.25) is 4.79 Å². The molecule has 2 aliphatic rings. The van der Waals surface area contributed by atoms with Crippen LogP contribution in [-0.2, 0) is 24.6 Å². The molecule has 116 valence electrons. The van der Waals surface area contributed by atoms with Gasteiger partial charge in [0.25, 0.3) is 0 Å². The van der Waals surface area contributed by atoms with Crippen LogP contribution in [0.5, 0.6) is 5.75 Å². The van der Waals surface area contributed by atoms with Gasteiger partial charge in [0.05, 0.1) is 19.1 Å². The van der Waals surface area contributed by atoms with Crippen molar-refractivity contribution in [2.75, 3.05) is 13.2 Å². The zero-order valence-electron chi connectivity index (χ0n) is 12.0. The number of hydrogen-bond donors (Lipinski definition) is 1. The van der Waals surface area contributed by atoms with Crippen LogP contribution < -0.4 is 10.1 Å².